The van der Waals surface area contributed by atoms with Crippen LogP contribution in [0.1, 0.15) is 0 Å². The molecule has 0 heterocycles. The van der Waals surface area contributed by atoms with Crippen LogP contribution in [0.15, 0.2) is 24.3 Å². The summed E-state index contributed by atoms with van der Waals surface area (Å²) in [5.41, 5.74) is 6.17. The highest BCUT2D eigenvalue weighted by atomic mass is 16.5. The fraction of sp³-hybridized carbons (Fsp3) is 0.222. The average Bonchev–Trinajstić information content (AvgIpc) is 2.16. The van der Waals surface area contributed by atoms with E-state index in [0.717, 1.165) is 11.4 Å². The van der Waals surface area contributed by atoms with Gasteiger partial charge in [-0.2, -0.15) is 0 Å². The molecule has 1 aromatic carbocycles. The topological polar surface area (TPSA) is 62.3 Å². The monoisotopic (exact) mass is 179 g/mol. The predicted octanol–water partition coefficient (Wildman–Crippen LogP) is 1.02. The fourth-order valence-corrected chi connectivity index (χ4v) is 0.958. The van der Waals surface area contributed by atoms with Crippen molar-refractivity contribution in [3.05, 3.63) is 24.3 Å². The predicted molar refractivity (Wildman–Crippen MR) is 53.3 cm³/mol. The Labute approximate surface area is 77.4 Å². The molecule has 0 atom stereocenters. The lowest BCUT2D eigenvalue weighted by Gasteiger charge is -2.16. The molecule has 0 aliphatic carbocycles. The highest BCUT2D eigenvalue weighted by Gasteiger charge is 2.03. The SMILES string of the molecule is COc1cccc(N(C)C(=N)N)c1. The molecular formula is C9H13N3O. The zero-order valence-corrected chi connectivity index (χ0v) is 7.74. The van der Waals surface area contributed by atoms with Gasteiger partial charge in [-0.25, -0.2) is 0 Å². The Kier molecular flexibility index (Phi) is 2.74. The average molecular weight is 179 g/mol. The van der Waals surface area contributed by atoms with Gasteiger partial charge in [-0.05, 0) is 12.1 Å². The van der Waals surface area contributed by atoms with Gasteiger partial charge in [-0.1, -0.05) is 6.07 Å². The highest BCUT2D eigenvalue weighted by molar-refractivity contribution is 5.91. The molecule has 0 aromatic heterocycles. The van der Waals surface area contributed by atoms with Crippen LogP contribution < -0.4 is 15.4 Å². The lowest BCUT2D eigenvalue weighted by atomic mass is 10.3. The van der Waals surface area contributed by atoms with Crippen LogP contribution in [0.2, 0.25) is 0 Å². The van der Waals surface area contributed by atoms with Gasteiger partial charge in [0.25, 0.3) is 0 Å². The van der Waals surface area contributed by atoms with Gasteiger partial charge in [-0.3, -0.25) is 5.41 Å². The number of guanidine groups is 1. The zero-order valence-electron chi connectivity index (χ0n) is 7.74. The smallest absolute Gasteiger partial charge is 0.192 e. The Hall–Kier alpha value is -1.71. The van der Waals surface area contributed by atoms with Gasteiger partial charge in [-0.15, -0.1) is 0 Å². The molecule has 0 unspecified atom stereocenters. The molecule has 0 aliphatic rings. The van der Waals surface area contributed by atoms with Crippen LogP contribution in [0.3, 0.4) is 0 Å². The summed E-state index contributed by atoms with van der Waals surface area (Å²) in [5, 5.41) is 7.23. The van der Waals surface area contributed by atoms with Gasteiger partial charge >= 0.3 is 0 Å². The summed E-state index contributed by atoms with van der Waals surface area (Å²) in [5.74, 6) is 0.763. The molecule has 0 fully saturated rings. The van der Waals surface area contributed by atoms with Crippen LogP contribution >= 0.6 is 0 Å². The summed E-state index contributed by atoms with van der Waals surface area (Å²) < 4.78 is 5.05. The van der Waals surface area contributed by atoms with Crippen molar-refractivity contribution >= 4 is 11.6 Å². The highest BCUT2D eigenvalue weighted by Crippen LogP contribution is 2.19. The molecule has 0 aliphatic heterocycles. The zero-order chi connectivity index (χ0) is 9.84. The second-order valence-corrected chi connectivity index (χ2v) is 2.65. The molecule has 1 aromatic rings. The molecule has 1 rings (SSSR count). The maximum atomic E-state index is 7.23. The van der Waals surface area contributed by atoms with Gasteiger partial charge < -0.3 is 15.4 Å². The Morgan fingerprint density at radius 2 is 2.23 bits per heavy atom. The standard InChI is InChI=1S/C9H13N3O/c1-12(9(10)11)7-4-3-5-8(6-7)13-2/h3-6H,1-2H3,(H3,10,11). The van der Waals surface area contributed by atoms with Gasteiger partial charge in [0.1, 0.15) is 5.75 Å². The van der Waals surface area contributed by atoms with E-state index in [1.165, 1.54) is 0 Å². The number of ether oxygens (including phenoxy) is 1. The second kappa shape index (κ2) is 3.80. The number of nitrogens with zero attached hydrogens (tertiary/aromatic N) is 1. The first-order valence-electron chi connectivity index (χ1n) is 3.87. The van der Waals surface area contributed by atoms with Crippen LogP contribution in [0.25, 0.3) is 0 Å². The van der Waals surface area contributed by atoms with Crippen LogP contribution in [-0.2, 0) is 0 Å². The van der Waals surface area contributed by atoms with E-state index >= 15 is 0 Å². The first-order chi connectivity index (χ1) is 6.15. The Morgan fingerprint density at radius 1 is 1.54 bits per heavy atom. The molecule has 0 spiro atoms. The van der Waals surface area contributed by atoms with E-state index in [1.807, 2.05) is 24.3 Å². The number of methoxy groups -OCH3 is 1. The second-order valence-electron chi connectivity index (χ2n) is 2.65. The van der Waals surface area contributed by atoms with Crippen molar-refractivity contribution in [3.63, 3.8) is 0 Å². The number of nitrogens with two attached hydrogens (primary N) is 1. The Morgan fingerprint density at radius 3 is 2.77 bits per heavy atom. The molecule has 0 saturated carbocycles. The lowest BCUT2D eigenvalue weighted by Crippen LogP contribution is -2.32. The summed E-state index contributed by atoms with van der Waals surface area (Å²) >= 11 is 0. The molecular weight excluding hydrogens is 166 g/mol. The van der Waals surface area contributed by atoms with Gasteiger partial charge in [0.2, 0.25) is 0 Å². The molecule has 13 heavy (non-hydrogen) atoms. The summed E-state index contributed by atoms with van der Waals surface area (Å²) in [4.78, 5) is 1.57. The van der Waals surface area contributed by atoms with Crippen molar-refractivity contribution < 1.29 is 4.74 Å². The summed E-state index contributed by atoms with van der Waals surface area (Å²) in [6.07, 6.45) is 0. The van der Waals surface area contributed by atoms with Crippen LogP contribution in [0.5, 0.6) is 5.75 Å². The first kappa shape index (κ1) is 9.38. The van der Waals surface area contributed by atoms with E-state index in [4.69, 9.17) is 15.9 Å². The number of anilines is 1. The van der Waals surface area contributed by atoms with Crippen molar-refractivity contribution in [2.24, 2.45) is 5.73 Å². The third kappa shape index (κ3) is 2.11. The molecule has 0 radical (unpaired) electrons. The van der Waals surface area contributed by atoms with E-state index in [2.05, 4.69) is 0 Å². The molecule has 70 valence electrons. The van der Waals surface area contributed by atoms with Gasteiger partial charge in [0, 0.05) is 18.8 Å². The minimum absolute atomic E-state index is 0.00764. The molecule has 3 N–H and O–H groups in total. The van der Waals surface area contributed by atoms with E-state index in [9.17, 15) is 0 Å². The molecule has 0 saturated heterocycles. The van der Waals surface area contributed by atoms with E-state index in [-0.39, 0.29) is 5.96 Å². The summed E-state index contributed by atoms with van der Waals surface area (Å²) in [6.45, 7) is 0. The number of benzene rings is 1. The largest absolute Gasteiger partial charge is 0.497 e. The summed E-state index contributed by atoms with van der Waals surface area (Å²) in [6, 6.07) is 7.39. The summed E-state index contributed by atoms with van der Waals surface area (Å²) in [7, 11) is 3.34. The van der Waals surface area contributed by atoms with Crippen molar-refractivity contribution in [1.29, 1.82) is 5.41 Å². The van der Waals surface area contributed by atoms with E-state index in [1.54, 1.807) is 19.1 Å². The fourth-order valence-electron chi connectivity index (χ4n) is 0.958. The molecule has 0 bridgehead atoms. The maximum Gasteiger partial charge on any atom is 0.192 e. The van der Waals surface area contributed by atoms with Crippen molar-refractivity contribution in [2.75, 3.05) is 19.1 Å². The van der Waals surface area contributed by atoms with Crippen molar-refractivity contribution in [1.82, 2.24) is 0 Å². The first-order valence-corrected chi connectivity index (χ1v) is 3.87. The number of rotatable bonds is 2. The third-order valence-electron chi connectivity index (χ3n) is 1.80. The van der Waals surface area contributed by atoms with Crippen LogP contribution in [0.4, 0.5) is 5.69 Å². The van der Waals surface area contributed by atoms with E-state index in [0.29, 0.717) is 0 Å². The molecule has 0 amide bonds. The Bertz CT molecular complexity index is 311. The van der Waals surface area contributed by atoms with Crippen LogP contribution in [0, 0.1) is 5.41 Å². The minimum Gasteiger partial charge on any atom is -0.497 e. The third-order valence-corrected chi connectivity index (χ3v) is 1.80. The lowest BCUT2D eigenvalue weighted by molar-refractivity contribution is 0.415. The van der Waals surface area contributed by atoms with Crippen LogP contribution in [-0.4, -0.2) is 20.1 Å². The molecule has 4 nitrogen and oxygen atoms in total. The number of nitrogens with one attached hydrogen (secondary N) is 1. The number of hydrogen-bond donors (Lipinski definition) is 2. The van der Waals surface area contributed by atoms with E-state index < -0.39 is 0 Å². The van der Waals surface area contributed by atoms with Crippen molar-refractivity contribution in [2.45, 2.75) is 0 Å². The minimum atomic E-state index is 0.00764. The van der Waals surface area contributed by atoms with Crippen molar-refractivity contribution in [3.8, 4) is 5.75 Å². The van der Waals surface area contributed by atoms with Gasteiger partial charge in [0.05, 0.1) is 7.11 Å². The normalized spacial score (nSPS) is 9.38. The Balaban J connectivity index is 2.94. The van der Waals surface area contributed by atoms with Gasteiger partial charge in [0.15, 0.2) is 5.96 Å². The maximum absolute atomic E-state index is 7.23. The molecule has 4 heteroatoms. The number of hydrogen-bond acceptors (Lipinski definition) is 2. The quantitative estimate of drug-likeness (QED) is 0.526.